The van der Waals surface area contributed by atoms with Crippen molar-refractivity contribution in [3.63, 3.8) is 0 Å². The van der Waals surface area contributed by atoms with Gasteiger partial charge in [-0.1, -0.05) is 26.0 Å². The number of hydrogen-bond acceptors (Lipinski definition) is 5. The normalized spacial score (nSPS) is 10.4. The lowest BCUT2D eigenvalue weighted by Crippen LogP contribution is -2.25. The van der Waals surface area contributed by atoms with Crippen LogP contribution in [0.1, 0.15) is 29.9 Å². The first kappa shape index (κ1) is 16.4. The van der Waals surface area contributed by atoms with Gasteiger partial charge in [-0.15, -0.1) is 0 Å². The molecule has 2 amide bonds. The highest BCUT2D eigenvalue weighted by molar-refractivity contribution is 5.96. The van der Waals surface area contributed by atoms with Gasteiger partial charge in [0.25, 0.3) is 5.91 Å². The number of aromatic nitrogens is 2. The quantitative estimate of drug-likeness (QED) is 0.776. The van der Waals surface area contributed by atoms with E-state index in [0.29, 0.717) is 12.2 Å². The van der Waals surface area contributed by atoms with E-state index in [1.807, 2.05) is 26.0 Å². The molecule has 0 aliphatic carbocycles. The summed E-state index contributed by atoms with van der Waals surface area (Å²) in [5.74, 6) is -0.466. The summed E-state index contributed by atoms with van der Waals surface area (Å²) in [6.07, 6.45) is 2.83. The molecule has 2 aromatic rings. The highest BCUT2D eigenvalue weighted by Gasteiger charge is 2.12. The zero-order valence-corrected chi connectivity index (χ0v) is 13.0. The van der Waals surface area contributed by atoms with Crippen LogP contribution in [0.2, 0.25) is 0 Å². The van der Waals surface area contributed by atoms with E-state index in [-0.39, 0.29) is 23.3 Å². The highest BCUT2D eigenvalue weighted by atomic mass is 16.2. The van der Waals surface area contributed by atoms with Gasteiger partial charge in [-0.2, -0.15) is 0 Å². The number of amides is 2. The highest BCUT2D eigenvalue weighted by Crippen LogP contribution is 2.12. The molecule has 0 fully saturated rings. The molecule has 7 nitrogen and oxygen atoms in total. The average molecular weight is 313 g/mol. The lowest BCUT2D eigenvalue weighted by atomic mass is 10.1. The summed E-state index contributed by atoms with van der Waals surface area (Å²) < 4.78 is 0. The van der Waals surface area contributed by atoms with Crippen molar-refractivity contribution in [1.29, 1.82) is 0 Å². The number of anilines is 2. The van der Waals surface area contributed by atoms with Crippen LogP contribution in [0.3, 0.4) is 0 Å². The van der Waals surface area contributed by atoms with Crippen molar-refractivity contribution >= 4 is 23.3 Å². The minimum absolute atomic E-state index is 0.0569. The van der Waals surface area contributed by atoms with Crippen LogP contribution in [0.15, 0.2) is 36.7 Å². The van der Waals surface area contributed by atoms with Crippen molar-refractivity contribution < 1.29 is 9.59 Å². The second-order valence-electron chi connectivity index (χ2n) is 5.32. The minimum Gasteiger partial charge on any atom is -0.382 e. The Bertz CT molecular complexity index is 715. The Morgan fingerprint density at radius 3 is 2.65 bits per heavy atom. The van der Waals surface area contributed by atoms with E-state index in [1.165, 1.54) is 12.4 Å². The van der Waals surface area contributed by atoms with Gasteiger partial charge < -0.3 is 16.4 Å². The molecule has 7 heteroatoms. The zero-order valence-electron chi connectivity index (χ0n) is 13.0. The summed E-state index contributed by atoms with van der Waals surface area (Å²) in [4.78, 5) is 31.5. The summed E-state index contributed by atoms with van der Waals surface area (Å²) in [5, 5.41) is 5.54. The molecule has 0 unspecified atom stereocenters. The number of nitrogens with two attached hydrogens (primary N) is 1. The maximum absolute atomic E-state index is 12.0. The predicted octanol–water partition coefficient (Wildman–Crippen LogP) is 1.58. The fourth-order valence-corrected chi connectivity index (χ4v) is 1.84. The van der Waals surface area contributed by atoms with Crippen LogP contribution in [-0.2, 0) is 11.3 Å². The minimum atomic E-state index is -0.396. The molecule has 4 N–H and O–H groups in total. The van der Waals surface area contributed by atoms with Crippen LogP contribution in [-0.4, -0.2) is 21.8 Å². The number of hydrogen-bond donors (Lipinski definition) is 3. The Hall–Kier alpha value is -2.96. The van der Waals surface area contributed by atoms with Crippen molar-refractivity contribution in [2.24, 2.45) is 5.92 Å². The molecule has 0 aliphatic rings. The van der Waals surface area contributed by atoms with Crippen LogP contribution in [0.25, 0.3) is 0 Å². The average Bonchev–Trinajstić information content (AvgIpc) is 2.53. The summed E-state index contributed by atoms with van der Waals surface area (Å²) in [6.45, 7) is 3.94. The number of rotatable bonds is 5. The molecule has 120 valence electrons. The largest absolute Gasteiger partial charge is 0.382 e. The van der Waals surface area contributed by atoms with E-state index >= 15 is 0 Å². The Balaban J connectivity index is 2.00. The fourth-order valence-electron chi connectivity index (χ4n) is 1.84. The first-order valence-corrected chi connectivity index (χ1v) is 7.22. The molecule has 1 aromatic heterocycles. The number of carbonyl (C=O) groups excluding carboxylic acids is 2. The molecule has 1 aromatic carbocycles. The Morgan fingerprint density at radius 1 is 1.22 bits per heavy atom. The first-order chi connectivity index (χ1) is 11.0. The van der Waals surface area contributed by atoms with Gasteiger partial charge in [0, 0.05) is 30.5 Å². The Kier molecular flexibility index (Phi) is 5.24. The van der Waals surface area contributed by atoms with E-state index in [9.17, 15) is 9.59 Å². The van der Waals surface area contributed by atoms with Gasteiger partial charge in [0.15, 0.2) is 11.5 Å². The topological polar surface area (TPSA) is 110 Å². The SMILES string of the molecule is CC(C)C(=O)Nc1cccc(CNC(=O)c2nccnc2N)c1. The maximum Gasteiger partial charge on any atom is 0.273 e. The Morgan fingerprint density at radius 2 is 1.96 bits per heavy atom. The predicted molar refractivity (Wildman–Crippen MR) is 87.5 cm³/mol. The molecule has 0 radical (unpaired) electrons. The van der Waals surface area contributed by atoms with Crippen molar-refractivity contribution in [1.82, 2.24) is 15.3 Å². The van der Waals surface area contributed by atoms with Crippen molar-refractivity contribution in [2.75, 3.05) is 11.1 Å². The monoisotopic (exact) mass is 313 g/mol. The molecule has 0 spiro atoms. The number of benzene rings is 1. The third-order valence-corrected chi connectivity index (χ3v) is 3.11. The molecule has 0 aliphatic heterocycles. The number of nitrogens with one attached hydrogen (secondary N) is 2. The maximum atomic E-state index is 12.0. The van der Waals surface area contributed by atoms with Gasteiger partial charge in [0.05, 0.1) is 0 Å². The van der Waals surface area contributed by atoms with E-state index in [4.69, 9.17) is 5.73 Å². The smallest absolute Gasteiger partial charge is 0.273 e. The standard InChI is InChI=1S/C16H19N5O2/c1-10(2)15(22)21-12-5-3-4-11(8-12)9-20-16(23)13-14(17)19-7-6-18-13/h3-8,10H,9H2,1-2H3,(H2,17,19)(H,20,23)(H,21,22). The summed E-state index contributed by atoms with van der Waals surface area (Å²) >= 11 is 0. The van der Waals surface area contributed by atoms with Gasteiger partial charge >= 0.3 is 0 Å². The van der Waals surface area contributed by atoms with E-state index in [1.54, 1.807) is 12.1 Å². The van der Waals surface area contributed by atoms with Crippen LogP contribution in [0.5, 0.6) is 0 Å². The first-order valence-electron chi connectivity index (χ1n) is 7.22. The van der Waals surface area contributed by atoms with Gasteiger partial charge in [-0.05, 0) is 17.7 Å². The zero-order chi connectivity index (χ0) is 16.8. The molecule has 23 heavy (non-hydrogen) atoms. The van der Waals surface area contributed by atoms with Gasteiger partial charge in [-0.3, -0.25) is 9.59 Å². The molecular weight excluding hydrogens is 294 g/mol. The molecule has 0 bridgehead atoms. The van der Waals surface area contributed by atoms with Gasteiger partial charge in [0.2, 0.25) is 5.91 Å². The van der Waals surface area contributed by atoms with Crippen molar-refractivity contribution in [3.8, 4) is 0 Å². The fraction of sp³-hybridized carbons (Fsp3) is 0.250. The Labute approximate surface area is 134 Å². The summed E-state index contributed by atoms with van der Waals surface area (Å²) in [6, 6.07) is 7.27. The second kappa shape index (κ2) is 7.35. The molecule has 0 saturated heterocycles. The van der Waals surface area contributed by atoms with Crippen LogP contribution in [0, 0.1) is 5.92 Å². The summed E-state index contributed by atoms with van der Waals surface area (Å²) in [5.41, 5.74) is 7.25. The molecule has 2 rings (SSSR count). The van der Waals surface area contributed by atoms with Crippen LogP contribution < -0.4 is 16.4 Å². The molecular formula is C16H19N5O2. The molecule has 0 atom stereocenters. The third-order valence-electron chi connectivity index (χ3n) is 3.11. The third kappa shape index (κ3) is 4.50. The van der Waals surface area contributed by atoms with E-state index < -0.39 is 5.91 Å². The lowest BCUT2D eigenvalue weighted by Gasteiger charge is -2.10. The number of carbonyl (C=O) groups is 2. The van der Waals surface area contributed by atoms with Crippen LogP contribution in [0.4, 0.5) is 11.5 Å². The summed E-state index contributed by atoms with van der Waals surface area (Å²) in [7, 11) is 0. The van der Waals surface area contributed by atoms with Gasteiger partial charge in [-0.25, -0.2) is 9.97 Å². The number of nitrogen functional groups attached to an aromatic ring is 1. The molecule has 1 heterocycles. The van der Waals surface area contributed by atoms with Crippen molar-refractivity contribution in [2.45, 2.75) is 20.4 Å². The van der Waals surface area contributed by atoms with Crippen molar-refractivity contribution in [3.05, 3.63) is 47.9 Å². The lowest BCUT2D eigenvalue weighted by molar-refractivity contribution is -0.118. The number of nitrogens with zero attached hydrogens (tertiary/aromatic N) is 2. The van der Waals surface area contributed by atoms with Gasteiger partial charge in [0.1, 0.15) is 0 Å². The van der Waals surface area contributed by atoms with E-state index in [2.05, 4.69) is 20.6 Å². The molecule has 0 saturated carbocycles. The van der Waals surface area contributed by atoms with Crippen LogP contribution >= 0.6 is 0 Å². The second-order valence-corrected chi connectivity index (χ2v) is 5.32. The van der Waals surface area contributed by atoms with E-state index in [0.717, 1.165) is 5.56 Å².